The second-order valence-corrected chi connectivity index (χ2v) is 12.2. The number of hydrogen-bond acceptors (Lipinski definition) is 12. The van der Waals surface area contributed by atoms with E-state index in [-0.39, 0.29) is 70.7 Å². The molecule has 4 amide bonds. The monoisotopic (exact) mass is 716 g/mol. The van der Waals surface area contributed by atoms with Crippen LogP contribution in [0.25, 0.3) is 0 Å². The maximum atomic E-state index is 11.5. The molecular weight excluding hydrogens is 680 g/mol. The van der Waals surface area contributed by atoms with Gasteiger partial charge in [-0.05, 0) is 24.3 Å². The highest BCUT2D eigenvalue weighted by atomic mass is 16.3. The molecule has 0 aromatic heterocycles. The van der Waals surface area contributed by atoms with Crippen molar-refractivity contribution < 1.29 is 60.0 Å². The van der Waals surface area contributed by atoms with Gasteiger partial charge in [0.2, 0.25) is 25.6 Å². The van der Waals surface area contributed by atoms with E-state index < -0.39 is 69.7 Å². The Balaban J connectivity index is 1.97. The molecule has 1 aliphatic carbocycles. The fraction of sp³-hybridized carbons (Fsp3) is 0.222. The summed E-state index contributed by atoms with van der Waals surface area (Å²) in [5, 5.41) is 99.8. The van der Waals surface area contributed by atoms with Crippen molar-refractivity contribution in [2.75, 3.05) is 26.2 Å². The molecule has 5 rings (SSSR count). The predicted molar refractivity (Wildman–Crippen MR) is 183 cm³/mol. The van der Waals surface area contributed by atoms with E-state index in [0.29, 0.717) is 25.6 Å². The van der Waals surface area contributed by atoms with Gasteiger partial charge < -0.3 is 62.1 Å². The van der Waals surface area contributed by atoms with Crippen molar-refractivity contribution >= 4 is 25.6 Å². The van der Waals surface area contributed by atoms with Gasteiger partial charge in [0.15, 0.2) is 0 Å². The van der Waals surface area contributed by atoms with Crippen molar-refractivity contribution in [3.05, 3.63) is 93.0 Å². The van der Waals surface area contributed by atoms with Gasteiger partial charge in [-0.2, -0.15) is 0 Å². The van der Waals surface area contributed by atoms with Crippen LogP contribution in [0.1, 0.15) is 68.2 Å². The van der Waals surface area contributed by atoms with E-state index >= 15 is 0 Å². The van der Waals surface area contributed by atoms with Crippen molar-refractivity contribution in [3.8, 4) is 46.0 Å². The summed E-state index contributed by atoms with van der Waals surface area (Å²) in [5.74, 6) is -8.22. The fourth-order valence-corrected chi connectivity index (χ4v) is 6.89. The van der Waals surface area contributed by atoms with E-state index in [1.54, 1.807) is 0 Å². The number of carbonyl (C=O) groups is 4. The van der Waals surface area contributed by atoms with Gasteiger partial charge in [-0.15, -0.1) is 0 Å². The van der Waals surface area contributed by atoms with Crippen LogP contribution < -0.4 is 21.3 Å². The first-order valence-electron chi connectivity index (χ1n) is 15.9. The normalized spacial score (nSPS) is 17.7. The Kier molecular flexibility index (Phi) is 10.8. The second kappa shape index (κ2) is 15.4. The molecule has 0 unspecified atom stereocenters. The fourth-order valence-electron chi connectivity index (χ4n) is 6.89. The highest BCUT2D eigenvalue weighted by Gasteiger charge is 2.33. The third-order valence-electron chi connectivity index (χ3n) is 9.33. The minimum Gasteiger partial charge on any atom is -0.508 e. The van der Waals surface area contributed by atoms with E-state index in [0.717, 1.165) is 24.3 Å². The van der Waals surface area contributed by atoms with E-state index in [4.69, 9.17) is 0 Å². The molecule has 0 atom stereocenters. The number of carbonyl (C=O) groups excluding carboxylic acids is 4. The molecule has 12 N–H and O–H groups in total. The Hall–Kier alpha value is -6.84. The zero-order chi connectivity index (χ0) is 37.7. The molecule has 1 aliphatic rings. The van der Waals surface area contributed by atoms with Gasteiger partial charge in [0.05, 0.1) is 0 Å². The largest absolute Gasteiger partial charge is 0.508 e. The highest BCUT2D eigenvalue weighted by molar-refractivity contribution is 5.63. The molecule has 0 saturated heterocycles. The van der Waals surface area contributed by atoms with Gasteiger partial charge in [0, 0.05) is 119 Å². The highest BCUT2D eigenvalue weighted by Crippen LogP contribution is 2.49. The minimum absolute atomic E-state index is 0.0428. The number of aromatic hydroxyl groups is 8. The Morgan fingerprint density at radius 1 is 0.327 bits per heavy atom. The van der Waals surface area contributed by atoms with Crippen molar-refractivity contribution in [1.29, 1.82) is 0 Å². The summed E-state index contributed by atoms with van der Waals surface area (Å²) < 4.78 is 0. The molecule has 0 radical (unpaired) electrons. The average molecular weight is 717 g/mol. The van der Waals surface area contributed by atoms with Crippen LogP contribution in [0.2, 0.25) is 0 Å². The van der Waals surface area contributed by atoms with Crippen molar-refractivity contribution in [2.24, 2.45) is 0 Å². The Morgan fingerprint density at radius 3 is 0.615 bits per heavy atom. The van der Waals surface area contributed by atoms with Crippen LogP contribution >= 0.6 is 0 Å². The molecule has 272 valence electrons. The zero-order valence-corrected chi connectivity index (χ0v) is 27.3. The SMILES string of the molecule is O=CNCC1c2cc(c(O)cc2O)C(CNC=O)c2cc(c(O)cc2O)C(CNC=O)c2cc(c(O)cc2O)C(CNC=O)c2cc1c(O)cc2O. The van der Waals surface area contributed by atoms with Gasteiger partial charge in [0.1, 0.15) is 46.0 Å². The standard InChI is InChI=1S/C36H36N4O12/c41-13-37-9-25-17-1-18(30(46)5-29(17)45)26(10-38-14-42)20-3-22(34(50)7-32(20)48)28(12-40-16-44)24-4-23(35(51)8-36(24)52)27(11-39-15-43)21-2-19(25)31(47)6-33(21)49/h1-8,13-16,25-28,45-52H,9-12H2,(H,37,41)(H,38,42)(H,39,43)(H,40,44). The maximum Gasteiger partial charge on any atom is 0.207 e. The molecule has 8 bridgehead atoms. The molecule has 4 aromatic rings. The number of nitrogens with one attached hydrogen (secondary N) is 4. The number of rotatable bonds is 12. The van der Waals surface area contributed by atoms with Crippen molar-refractivity contribution in [3.63, 3.8) is 0 Å². The van der Waals surface area contributed by atoms with Crippen LogP contribution in [0.4, 0.5) is 0 Å². The average Bonchev–Trinajstić information content (AvgIpc) is 3.09. The first kappa shape index (κ1) is 36.4. The van der Waals surface area contributed by atoms with E-state index in [1.807, 2.05) is 0 Å². The molecule has 0 aliphatic heterocycles. The maximum absolute atomic E-state index is 11.5. The van der Waals surface area contributed by atoms with E-state index in [9.17, 15) is 60.0 Å². The Labute approximate surface area is 295 Å². The van der Waals surface area contributed by atoms with Crippen LogP contribution in [-0.2, 0) is 19.2 Å². The van der Waals surface area contributed by atoms with Crippen molar-refractivity contribution in [2.45, 2.75) is 23.7 Å². The molecule has 52 heavy (non-hydrogen) atoms. The molecule has 4 aromatic carbocycles. The van der Waals surface area contributed by atoms with Crippen LogP contribution in [0.3, 0.4) is 0 Å². The smallest absolute Gasteiger partial charge is 0.207 e. The summed E-state index contributed by atoms with van der Waals surface area (Å²) in [5.41, 5.74) is 0.342. The lowest BCUT2D eigenvalue weighted by Crippen LogP contribution is -2.25. The number of phenols is 8. The topological polar surface area (TPSA) is 278 Å². The van der Waals surface area contributed by atoms with Crippen LogP contribution in [0.5, 0.6) is 46.0 Å². The van der Waals surface area contributed by atoms with Crippen LogP contribution in [-0.4, -0.2) is 92.7 Å². The lowest BCUT2D eigenvalue weighted by atomic mass is 9.79. The van der Waals surface area contributed by atoms with Gasteiger partial charge in [-0.1, -0.05) is 0 Å². The van der Waals surface area contributed by atoms with Crippen LogP contribution in [0, 0.1) is 0 Å². The van der Waals surface area contributed by atoms with Crippen molar-refractivity contribution in [1.82, 2.24) is 21.3 Å². The summed E-state index contributed by atoms with van der Waals surface area (Å²) in [6, 6.07) is 9.39. The molecule has 16 nitrogen and oxygen atoms in total. The summed E-state index contributed by atoms with van der Waals surface area (Å²) in [4.78, 5) is 46.2. The summed E-state index contributed by atoms with van der Waals surface area (Å²) >= 11 is 0. The first-order chi connectivity index (χ1) is 24.9. The molecule has 0 spiro atoms. The molecule has 0 heterocycles. The number of phenolic OH excluding ortho intramolecular Hbond substituents is 8. The van der Waals surface area contributed by atoms with E-state index in [1.165, 1.54) is 24.3 Å². The lowest BCUT2D eigenvalue weighted by molar-refractivity contribution is -0.110. The quantitative estimate of drug-likeness (QED) is 0.0921. The first-order valence-corrected chi connectivity index (χ1v) is 15.9. The van der Waals surface area contributed by atoms with Gasteiger partial charge in [-0.3, -0.25) is 19.2 Å². The zero-order valence-electron chi connectivity index (χ0n) is 27.3. The Morgan fingerprint density at radius 2 is 0.481 bits per heavy atom. The Bertz CT molecular complexity index is 1630. The number of benzene rings is 4. The van der Waals surface area contributed by atoms with E-state index in [2.05, 4.69) is 21.3 Å². The third kappa shape index (κ3) is 6.94. The molecule has 0 fully saturated rings. The number of hydrogen-bond donors (Lipinski definition) is 12. The van der Waals surface area contributed by atoms with Gasteiger partial charge in [-0.25, -0.2) is 0 Å². The minimum atomic E-state index is -1.09. The van der Waals surface area contributed by atoms with Gasteiger partial charge >= 0.3 is 0 Å². The lowest BCUT2D eigenvalue weighted by Gasteiger charge is -2.28. The molecule has 16 heteroatoms. The van der Waals surface area contributed by atoms with Crippen LogP contribution in [0.15, 0.2) is 48.5 Å². The molecule has 0 saturated carbocycles. The summed E-state index contributed by atoms with van der Waals surface area (Å²) in [6.07, 6.45) is 1.52. The predicted octanol–water partition coefficient (Wildman–Crippen LogP) is 1.16. The summed E-state index contributed by atoms with van der Waals surface area (Å²) in [6.45, 7) is -0.991. The number of fused-ring (bicyclic) bond motifs is 8. The third-order valence-corrected chi connectivity index (χ3v) is 9.33. The van der Waals surface area contributed by atoms with Gasteiger partial charge in [0.25, 0.3) is 0 Å². The number of amides is 4. The summed E-state index contributed by atoms with van der Waals surface area (Å²) in [7, 11) is 0. The molecular formula is C36H36N4O12. The second-order valence-electron chi connectivity index (χ2n) is 12.2.